The van der Waals surface area contributed by atoms with Crippen LogP contribution in [-0.4, -0.2) is 4.98 Å². The fourth-order valence-corrected chi connectivity index (χ4v) is 1.43. The molecule has 3 heteroatoms. The summed E-state index contributed by atoms with van der Waals surface area (Å²) < 4.78 is 5.24. The molecule has 0 aliphatic heterocycles. The highest BCUT2D eigenvalue weighted by Gasteiger charge is 2.09. The van der Waals surface area contributed by atoms with E-state index in [0.29, 0.717) is 5.02 Å². The second-order valence-corrected chi connectivity index (χ2v) is 3.15. The minimum atomic E-state index is 0.683. The van der Waals surface area contributed by atoms with E-state index in [1.165, 1.54) is 6.39 Å². The minimum Gasteiger partial charge on any atom is -0.443 e. The Bertz CT molecular complexity index is 423. The molecule has 0 radical (unpaired) electrons. The molecule has 0 aliphatic rings. The van der Waals surface area contributed by atoms with Crippen LogP contribution in [0, 0.1) is 6.92 Å². The van der Waals surface area contributed by atoms with Gasteiger partial charge < -0.3 is 4.42 Å². The van der Waals surface area contributed by atoms with Crippen molar-refractivity contribution >= 4 is 11.6 Å². The zero-order chi connectivity index (χ0) is 11.3. The molecule has 2 aromatic rings. The lowest BCUT2D eigenvalue weighted by Crippen LogP contribution is -1.79. The van der Waals surface area contributed by atoms with E-state index in [2.05, 4.69) is 4.98 Å². The largest absolute Gasteiger partial charge is 0.443 e. The first kappa shape index (κ1) is 11.8. The lowest BCUT2D eigenvalue weighted by molar-refractivity contribution is 0.571. The summed E-state index contributed by atoms with van der Waals surface area (Å²) in [5.74, 6) is 0.741. The maximum Gasteiger partial charge on any atom is 0.181 e. The Labute approximate surface area is 94.9 Å². The summed E-state index contributed by atoms with van der Waals surface area (Å²) in [6.07, 6.45) is 1.42. The molecule has 0 saturated carbocycles. The molecule has 0 saturated heterocycles. The van der Waals surface area contributed by atoms with E-state index in [-0.39, 0.29) is 0 Å². The smallest absolute Gasteiger partial charge is 0.181 e. The number of nitrogens with zero attached hydrogens (tertiary/aromatic N) is 1. The lowest BCUT2D eigenvalue weighted by Gasteiger charge is -1.99. The Morgan fingerprint density at radius 2 is 1.87 bits per heavy atom. The van der Waals surface area contributed by atoms with Gasteiger partial charge >= 0.3 is 0 Å². The number of oxazole rings is 1. The molecule has 80 valence electrons. The number of hydrogen-bond acceptors (Lipinski definition) is 2. The third kappa shape index (κ3) is 2.60. The van der Waals surface area contributed by atoms with Crippen molar-refractivity contribution < 1.29 is 4.42 Å². The molecular formula is C12H14ClNO. The highest BCUT2D eigenvalue weighted by molar-refractivity contribution is 6.33. The third-order valence-electron chi connectivity index (χ3n) is 1.86. The van der Waals surface area contributed by atoms with Gasteiger partial charge in [0, 0.05) is 5.56 Å². The lowest BCUT2D eigenvalue weighted by atomic mass is 10.1. The quantitative estimate of drug-likeness (QED) is 0.719. The van der Waals surface area contributed by atoms with Gasteiger partial charge in [-0.05, 0) is 19.1 Å². The first-order valence-electron chi connectivity index (χ1n) is 4.94. The molecule has 2 rings (SSSR count). The molecule has 1 aromatic heterocycles. The molecule has 2 nitrogen and oxygen atoms in total. The Kier molecular flexibility index (Phi) is 4.37. The van der Waals surface area contributed by atoms with Crippen molar-refractivity contribution in [1.82, 2.24) is 4.98 Å². The van der Waals surface area contributed by atoms with E-state index in [4.69, 9.17) is 16.0 Å². The third-order valence-corrected chi connectivity index (χ3v) is 2.19. The van der Waals surface area contributed by atoms with Crippen LogP contribution in [0.3, 0.4) is 0 Å². The predicted octanol–water partition coefficient (Wildman–Crippen LogP) is 4.33. The molecule has 0 N–H and O–H groups in total. The number of benzene rings is 1. The Hall–Kier alpha value is -1.28. The topological polar surface area (TPSA) is 26.0 Å². The average molecular weight is 224 g/mol. The molecule has 0 atom stereocenters. The molecule has 0 spiro atoms. The fraction of sp³-hybridized carbons (Fsp3) is 0.250. The van der Waals surface area contributed by atoms with Gasteiger partial charge in [-0.25, -0.2) is 4.98 Å². The van der Waals surface area contributed by atoms with Gasteiger partial charge in [-0.2, -0.15) is 0 Å². The van der Waals surface area contributed by atoms with Gasteiger partial charge in [-0.1, -0.05) is 37.6 Å². The molecule has 0 unspecified atom stereocenters. The van der Waals surface area contributed by atoms with Crippen molar-refractivity contribution in [2.45, 2.75) is 20.8 Å². The van der Waals surface area contributed by atoms with Crippen LogP contribution in [0.15, 0.2) is 35.1 Å². The van der Waals surface area contributed by atoms with Gasteiger partial charge in [0.2, 0.25) is 0 Å². The van der Waals surface area contributed by atoms with E-state index in [0.717, 1.165) is 17.0 Å². The van der Waals surface area contributed by atoms with Crippen molar-refractivity contribution in [2.24, 2.45) is 0 Å². The fourth-order valence-electron chi connectivity index (χ4n) is 1.21. The monoisotopic (exact) mass is 223 g/mol. The number of aryl methyl sites for hydroxylation is 1. The van der Waals surface area contributed by atoms with Gasteiger partial charge in [-0.3, -0.25) is 0 Å². The van der Waals surface area contributed by atoms with Crippen LogP contribution in [0.1, 0.15) is 19.5 Å². The van der Waals surface area contributed by atoms with E-state index in [1.807, 2.05) is 45.0 Å². The van der Waals surface area contributed by atoms with Crippen molar-refractivity contribution in [1.29, 1.82) is 0 Å². The van der Waals surface area contributed by atoms with Crippen LogP contribution in [0.25, 0.3) is 11.3 Å². The second-order valence-electron chi connectivity index (χ2n) is 2.75. The summed E-state index contributed by atoms with van der Waals surface area (Å²) in [7, 11) is 0. The Balaban J connectivity index is 0.000000531. The first-order chi connectivity index (χ1) is 7.29. The molecule has 0 fully saturated rings. The molecule has 1 aromatic carbocycles. The van der Waals surface area contributed by atoms with Crippen LogP contribution >= 0.6 is 11.6 Å². The number of halogens is 1. The van der Waals surface area contributed by atoms with Crippen molar-refractivity contribution in [2.75, 3.05) is 0 Å². The van der Waals surface area contributed by atoms with E-state index in [9.17, 15) is 0 Å². The second kappa shape index (κ2) is 5.56. The summed E-state index contributed by atoms with van der Waals surface area (Å²) in [5, 5.41) is 0.683. The van der Waals surface area contributed by atoms with Crippen LogP contribution in [0.4, 0.5) is 0 Å². The SMILES string of the molecule is CC.Cc1ncoc1-c1ccccc1Cl. The van der Waals surface area contributed by atoms with Crippen molar-refractivity contribution in [3.05, 3.63) is 41.4 Å². The maximum atomic E-state index is 6.00. The minimum absolute atomic E-state index is 0.683. The van der Waals surface area contributed by atoms with Crippen molar-refractivity contribution in [3.8, 4) is 11.3 Å². The summed E-state index contributed by atoms with van der Waals surface area (Å²) >= 11 is 6.00. The highest BCUT2D eigenvalue weighted by Crippen LogP contribution is 2.29. The molecule has 15 heavy (non-hydrogen) atoms. The van der Waals surface area contributed by atoms with Crippen LogP contribution in [-0.2, 0) is 0 Å². The van der Waals surface area contributed by atoms with Crippen molar-refractivity contribution in [3.63, 3.8) is 0 Å². The molecular weight excluding hydrogens is 210 g/mol. The average Bonchev–Trinajstić information content (AvgIpc) is 2.68. The van der Waals surface area contributed by atoms with E-state index in [1.54, 1.807) is 0 Å². The molecule has 1 heterocycles. The van der Waals surface area contributed by atoms with Gasteiger partial charge in [0.1, 0.15) is 0 Å². The van der Waals surface area contributed by atoms with Gasteiger partial charge in [0.05, 0.1) is 10.7 Å². The van der Waals surface area contributed by atoms with Crippen LogP contribution < -0.4 is 0 Å². The van der Waals surface area contributed by atoms with Crippen LogP contribution in [0.2, 0.25) is 5.02 Å². The number of rotatable bonds is 1. The van der Waals surface area contributed by atoms with E-state index >= 15 is 0 Å². The predicted molar refractivity (Wildman–Crippen MR) is 63.0 cm³/mol. The number of hydrogen-bond donors (Lipinski definition) is 0. The normalized spacial score (nSPS) is 9.33. The number of aromatic nitrogens is 1. The van der Waals surface area contributed by atoms with Gasteiger partial charge in [0.15, 0.2) is 12.2 Å². The maximum absolute atomic E-state index is 6.00. The van der Waals surface area contributed by atoms with Crippen LogP contribution in [0.5, 0.6) is 0 Å². The highest BCUT2D eigenvalue weighted by atomic mass is 35.5. The Morgan fingerprint density at radius 1 is 1.20 bits per heavy atom. The van der Waals surface area contributed by atoms with E-state index < -0.39 is 0 Å². The molecule has 0 aliphatic carbocycles. The molecule has 0 amide bonds. The summed E-state index contributed by atoms with van der Waals surface area (Å²) in [5.41, 5.74) is 1.74. The summed E-state index contributed by atoms with van der Waals surface area (Å²) in [4.78, 5) is 4.01. The zero-order valence-corrected chi connectivity index (χ0v) is 9.88. The first-order valence-corrected chi connectivity index (χ1v) is 5.32. The van der Waals surface area contributed by atoms with Gasteiger partial charge in [0.25, 0.3) is 0 Å². The summed E-state index contributed by atoms with van der Waals surface area (Å²) in [6, 6.07) is 7.55. The Morgan fingerprint density at radius 3 is 2.40 bits per heavy atom. The zero-order valence-electron chi connectivity index (χ0n) is 9.12. The molecule has 0 bridgehead atoms. The summed E-state index contributed by atoms with van der Waals surface area (Å²) in [6.45, 7) is 5.89. The standard InChI is InChI=1S/C10H8ClNO.C2H6/c1-7-10(13-6-12-7)8-4-2-3-5-9(8)11;1-2/h2-6H,1H3;1-2H3. The van der Waals surface area contributed by atoms with Gasteiger partial charge in [-0.15, -0.1) is 0 Å².